The molecule has 4 rings (SSSR count). The van der Waals surface area contributed by atoms with E-state index in [-0.39, 0.29) is 11.1 Å². The molecule has 2 aromatic carbocycles. The van der Waals surface area contributed by atoms with Gasteiger partial charge in [0.15, 0.2) is 28.6 Å². The minimum Gasteiger partial charge on any atom is -0.504 e. The Morgan fingerprint density at radius 3 is 1.55 bits per heavy atom. The molecule has 49 heavy (non-hydrogen) atoms. The molecule has 10 N–H and O–H groups in total. The van der Waals surface area contributed by atoms with E-state index >= 15 is 0 Å². The number of carbonyl (C=O) groups is 4. The van der Waals surface area contributed by atoms with E-state index in [0.29, 0.717) is 0 Å². The third-order valence-corrected chi connectivity index (χ3v) is 8.12. The van der Waals surface area contributed by atoms with Crippen LogP contribution in [0.3, 0.4) is 0 Å². The van der Waals surface area contributed by atoms with Gasteiger partial charge in [-0.2, -0.15) is 0 Å². The van der Waals surface area contributed by atoms with Crippen LogP contribution in [0.25, 0.3) is 12.2 Å². The topological polar surface area (TPSA) is 298 Å². The van der Waals surface area contributed by atoms with Gasteiger partial charge in [-0.15, -0.1) is 0 Å². The zero-order valence-corrected chi connectivity index (χ0v) is 25.4. The number of esters is 3. The number of phenolic OH excluding ortho intramolecular Hbond substituents is 4. The molecule has 0 aromatic heterocycles. The normalized spacial score (nSPS) is 30.1. The Balaban J connectivity index is 1.47. The van der Waals surface area contributed by atoms with Crippen LogP contribution in [0.5, 0.6) is 23.0 Å². The van der Waals surface area contributed by atoms with Crippen molar-refractivity contribution in [2.24, 2.45) is 0 Å². The fourth-order valence-corrected chi connectivity index (χ4v) is 5.44. The Morgan fingerprint density at radius 2 is 1.10 bits per heavy atom. The number of aromatic hydroxyl groups is 4. The lowest BCUT2D eigenvalue weighted by Gasteiger charge is -2.44. The molecule has 2 aliphatic rings. The molecule has 2 saturated carbocycles. The minimum atomic E-state index is -2.75. The Morgan fingerprint density at radius 1 is 0.653 bits per heavy atom. The van der Waals surface area contributed by atoms with Crippen LogP contribution in [0.15, 0.2) is 48.6 Å². The molecule has 0 heterocycles. The van der Waals surface area contributed by atoms with Gasteiger partial charge in [0.1, 0.15) is 24.4 Å². The molecule has 2 aliphatic carbocycles. The van der Waals surface area contributed by atoms with Gasteiger partial charge in [-0.05, 0) is 47.5 Å². The molecule has 0 bridgehead atoms. The second-order valence-corrected chi connectivity index (χ2v) is 11.8. The fraction of sp³-hybridized carbons (Fsp3) is 0.375. The summed E-state index contributed by atoms with van der Waals surface area (Å²) in [5.74, 6) is -7.54. The molecule has 264 valence electrons. The molecular weight excluding hydrogens is 656 g/mol. The highest BCUT2D eigenvalue weighted by molar-refractivity contribution is 5.89. The summed E-state index contributed by atoms with van der Waals surface area (Å²) in [6.45, 7) is 0. The van der Waals surface area contributed by atoms with E-state index in [2.05, 4.69) is 0 Å². The molecule has 0 saturated heterocycles. The van der Waals surface area contributed by atoms with E-state index in [0.717, 1.165) is 42.5 Å². The van der Waals surface area contributed by atoms with Gasteiger partial charge >= 0.3 is 23.9 Å². The van der Waals surface area contributed by atoms with Gasteiger partial charge in [0.25, 0.3) is 0 Å². The molecule has 0 aliphatic heterocycles. The summed E-state index contributed by atoms with van der Waals surface area (Å²) in [4.78, 5) is 50.8. The Hall–Kier alpha value is -5.20. The standard InChI is InChI=1S/C32H34O17/c33-17-5-1-15(9-19(17)35)3-7-25(39)47-23-13-31(46,11-21(37)27(23)41)30(45)49-32(29(43)44)12-22(38)28(42)24(14-32)48-26(40)8-4-16-2-6-18(34)20(36)10-16/h1-10,21-24,27-28,33-38,41-42,46H,11-14H2,(H,43,44)/t21-,22-,23-,24-,27-,28+,31+,32-/m0/s1. The molecule has 0 unspecified atom stereocenters. The van der Waals surface area contributed by atoms with Crippen molar-refractivity contribution in [1.82, 2.24) is 0 Å². The molecule has 0 radical (unpaired) electrons. The van der Waals surface area contributed by atoms with Gasteiger partial charge in [-0.1, -0.05) is 12.1 Å². The number of aliphatic hydroxyl groups excluding tert-OH is 4. The summed E-state index contributed by atoms with van der Waals surface area (Å²) in [5, 5.41) is 101. The largest absolute Gasteiger partial charge is 0.504 e. The van der Waals surface area contributed by atoms with Crippen molar-refractivity contribution in [3.63, 3.8) is 0 Å². The highest BCUT2D eigenvalue weighted by Gasteiger charge is 2.58. The Bertz CT molecular complexity index is 1650. The zero-order chi connectivity index (χ0) is 36.3. The number of hydrogen-bond donors (Lipinski definition) is 10. The lowest BCUT2D eigenvalue weighted by molar-refractivity contribution is -0.228. The number of benzene rings is 2. The van der Waals surface area contributed by atoms with Gasteiger partial charge in [0.2, 0.25) is 5.60 Å². The number of aliphatic carboxylic acids is 1. The van der Waals surface area contributed by atoms with Crippen LogP contribution in [0.4, 0.5) is 0 Å². The number of carboxylic acid groups (broad SMARTS) is 1. The first-order valence-corrected chi connectivity index (χ1v) is 14.7. The summed E-state index contributed by atoms with van der Waals surface area (Å²) >= 11 is 0. The maximum absolute atomic E-state index is 13.4. The number of phenols is 4. The van der Waals surface area contributed by atoms with Crippen LogP contribution in [0, 0.1) is 0 Å². The summed E-state index contributed by atoms with van der Waals surface area (Å²) in [6.07, 6.45) is -10.5. The van der Waals surface area contributed by atoms with Gasteiger partial charge in [0.05, 0.1) is 12.2 Å². The minimum absolute atomic E-state index is 0.246. The molecule has 8 atom stereocenters. The SMILES string of the molecule is O=C(C=Cc1ccc(O)c(O)c1)O[C@H]1C[C@@](O)(C(=O)O[C@]2(C(=O)O)C[C@H](OC(=O)C=Cc3ccc(O)c(O)c3)[C@H](O)[C@@H](O)C2)C[C@H](O)[C@@H]1O. The zero-order valence-electron chi connectivity index (χ0n) is 25.4. The van der Waals surface area contributed by atoms with E-state index < -0.39 is 120 Å². The van der Waals surface area contributed by atoms with Crippen molar-refractivity contribution in [2.45, 2.75) is 73.5 Å². The van der Waals surface area contributed by atoms with E-state index in [1.165, 1.54) is 18.2 Å². The van der Waals surface area contributed by atoms with Crippen molar-refractivity contribution in [2.75, 3.05) is 0 Å². The van der Waals surface area contributed by atoms with Crippen molar-refractivity contribution < 1.29 is 84.5 Å². The third-order valence-electron chi connectivity index (χ3n) is 8.12. The summed E-state index contributed by atoms with van der Waals surface area (Å²) in [5.41, 5.74) is -4.93. The molecule has 0 spiro atoms. The van der Waals surface area contributed by atoms with Gasteiger partial charge in [-0.3, -0.25) is 0 Å². The van der Waals surface area contributed by atoms with Gasteiger partial charge in [-0.25, -0.2) is 19.2 Å². The molecular formula is C32H34O17. The smallest absolute Gasteiger partial charge is 0.348 e. The monoisotopic (exact) mass is 690 g/mol. The third kappa shape index (κ3) is 8.45. The lowest BCUT2D eigenvalue weighted by atomic mass is 9.77. The van der Waals surface area contributed by atoms with Crippen LogP contribution >= 0.6 is 0 Å². The predicted octanol–water partition coefficient (Wildman–Crippen LogP) is -0.812. The Labute approximate surface area is 276 Å². The predicted molar refractivity (Wildman–Crippen MR) is 161 cm³/mol. The number of rotatable bonds is 9. The Kier molecular flexibility index (Phi) is 10.8. The molecule has 2 aromatic rings. The van der Waals surface area contributed by atoms with E-state index in [9.17, 15) is 70.2 Å². The van der Waals surface area contributed by atoms with E-state index in [1.54, 1.807) is 0 Å². The van der Waals surface area contributed by atoms with Crippen LogP contribution in [0.1, 0.15) is 36.8 Å². The van der Waals surface area contributed by atoms with Crippen LogP contribution < -0.4 is 0 Å². The van der Waals surface area contributed by atoms with Crippen LogP contribution in [-0.2, 0) is 33.4 Å². The number of aliphatic hydroxyl groups is 5. The van der Waals surface area contributed by atoms with Crippen LogP contribution in [-0.4, -0.2) is 123 Å². The maximum Gasteiger partial charge on any atom is 0.348 e. The molecule has 2 fully saturated rings. The summed E-state index contributed by atoms with van der Waals surface area (Å²) < 4.78 is 15.5. The molecule has 17 heteroatoms. The van der Waals surface area contributed by atoms with E-state index in [4.69, 9.17) is 14.2 Å². The highest BCUT2D eigenvalue weighted by Crippen LogP contribution is 2.39. The lowest BCUT2D eigenvalue weighted by Crippen LogP contribution is -2.62. The van der Waals surface area contributed by atoms with Crippen LogP contribution in [0.2, 0.25) is 0 Å². The number of hydrogen-bond acceptors (Lipinski definition) is 16. The molecule has 0 amide bonds. The second-order valence-electron chi connectivity index (χ2n) is 11.8. The molecule has 17 nitrogen and oxygen atoms in total. The number of carbonyl (C=O) groups excluding carboxylic acids is 3. The van der Waals surface area contributed by atoms with Crippen molar-refractivity contribution in [3.8, 4) is 23.0 Å². The number of ether oxygens (including phenoxy) is 3. The van der Waals surface area contributed by atoms with Gasteiger partial charge < -0.3 is 65.3 Å². The maximum atomic E-state index is 13.4. The first kappa shape index (κ1) is 36.6. The fourth-order valence-electron chi connectivity index (χ4n) is 5.44. The first-order chi connectivity index (χ1) is 22.9. The van der Waals surface area contributed by atoms with Crippen molar-refractivity contribution in [3.05, 3.63) is 59.7 Å². The average molecular weight is 691 g/mol. The highest BCUT2D eigenvalue weighted by atomic mass is 16.6. The van der Waals surface area contributed by atoms with Gasteiger partial charge in [0, 0.05) is 37.8 Å². The number of carboxylic acids is 1. The van der Waals surface area contributed by atoms with Crippen molar-refractivity contribution in [1.29, 1.82) is 0 Å². The summed E-state index contributed by atoms with van der Waals surface area (Å²) in [6, 6.07) is 7.22. The second kappa shape index (κ2) is 14.5. The van der Waals surface area contributed by atoms with E-state index in [1.807, 2.05) is 0 Å². The summed E-state index contributed by atoms with van der Waals surface area (Å²) in [7, 11) is 0. The quantitative estimate of drug-likeness (QED) is 0.0666. The van der Waals surface area contributed by atoms with Crippen molar-refractivity contribution >= 4 is 36.0 Å². The average Bonchev–Trinajstić information content (AvgIpc) is 3.03. The first-order valence-electron chi connectivity index (χ1n) is 14.7.